The molecule has 0 radical (unpaired) electrons. The Morgan fingerprint density at radius 1 is 1.13 bits per heavy atom. The second kappa shape index (κ2) is 8.82. The Balaban J connectivity index is 1.58. The molecule has 0 fully saturated rings. The Kier molecular flexibility index (Phi) is 5.98. The van der Waals surface area contributed by atoms with Crippen molar-refractivity contribution in [3.05, 3.63) is 53.6 Å². The van der Waals surface area contributed by atoms with E-state index in [0.29, 0.717) is 27.3 Å². The Morgan fingerprint density at radius 2 is 1.90 bits per heavy atom. The third-order valence-electron chi connectivity index (χ3n) is 4.39. The summed E-state index contributed by atoms with van der Waals surface area (Å²) in [6, 6.07) is 14.4. The van der Waals surface area contributed by atoms with E-state index >= 15 is 0 Å². The van der Waals surface area contributed by atoms with Crippen LogP contribution in [-0.2, 0) is 13.6 Å². The number of para-hydroxylation sites is 1. The van der Waals surface area contributed by atoms with E-state index in [1.165, 1.54) is 16.4 Å². The van der Waals surface area contributed by atoms with Crippen molar-refractivity contribution in [1.29, 1.82) is 0 Å². The number of benzene rings is 2. The zero-order valence-electron chi connectivity index (χ0n) is 15.9. The molecule has 0 aliphatic carbocycles. The lowest BCUT2D eigenvalue weighted by atomic mass is 10.2. The minimum atomic E-state index is -0.741. The summed E-state index contributed by atoms with van der Waals surface area (Å²) in [5, 5.41) is 43.0. The highest BCUT2D eigenvalue weighted by molar-refractivity contribution is 7.99. The van der Waals surface area contributed by atoms with Gasteiger partial charge in [0.05, 0.1) is 23.9 Å². The van der Waals surface area contributed by atoms with Crippen molar-refractivity contribution in [3.63, 3.8) is 0 Å². The predicted molar refractivity (Wildman–Crippen MR) is 115 cm³/mol. The highest BCUT2D eigenvalue weighted by Crippen LogP contribution is 2.39. The number of aromatic hydroxyl groups is 1. The van der Waals surface area contributed by atoms with Gasteiger partial charge in [-0.05, 0) is 40.8 Å². The van der Waals surface area contributed by atoms with Gasteiger partial charge in [0.2, 0.25) is 11.0 Å². The van der Waals surface area contributed by atoms with Crippen LogP contribution >= 0.6 is 23.4 Å². The smallest absolute Gasteiger partial charge is 0.220 e. The van der Waals surface area contributed by atoms with E-state index in [2.05, 4.69) is 25.8 Å². The van der Waals surface area contributed by atoms with Gasteiger partial charge in [0.25, 0.3) is 0 Å². The molecule has 2 aromatic heterocycles. The van der Waals surface area contributed by atoms with Crippen LogP contribution in [0.2, 0.25) is 5.02 Å². The largest absolute Gasteiger partial charge is 0.493 e. The number of fused-ring (bicyclic) bond motifs is 1. The molecule has 0 aliphatic heterocycles. The third-order valence-corrected chi connectivity index (χ3v) is 5.80. The van der Waals surface area contributed by atoms with Crippen LogP contribution in [0.3, 0.4) is 0 Å². The molecule has 154 valence electrons. The van der Waals surface area contributed by atoms with Crippen LogP contribution in [-0.4, -0.2) is 46.8 Å². The molecule has 2 N–H and O–H groups in total. The average molecular weight is 444 g/mol. The number of azo groups is 1. The maximum Gasteiger partial charge on any atom is 0.220 e. The Labute approximate surface area is 181 Å². The molecule has 9 nitrogen and oxygen atoms in total. The van der Waals surface area contributed by atoms with Crippen LogP contribution in [0.25, 0.3) is 10.9 Å². The van der Waals surface area contributed by atoms with Crippen LogP contribution in [0.5, 0.6) is 5.88 Å². The van der Waals surface area contributed by atoms with E-state index in [1.54, 1.807) is 35.9 Å². The lowest BCUT2D eigenvalue weighted by Gasteiger charge is -2.12. The van der Waals surface area contributed by atoms with Crippen molar-refractivity contribution in [2.75, 3.05) is 5.75 Å². The number of hydrogen-bond acceptors (Lipinski definition) is 8. The summed E-state index contributed by atoms with van der Waals surface area (Å²) in [7, 11) is 1.73. The molecule has 11 heteroatoms. The fraction of sp³-hybridized carbons (Fsp3) is 0.211. The monoisotopic (exact) mass is 443 g/mol. The molecule has 4 rings (SSSR count). The van der Waals surface area contributed by atoms with E-state index in [4.69, 9.17) is 11.6 Å². The number of aliphatic hydroxyl groups is 1. The van der Waals surface area contributed by atoms with Gasteiger partial charge in [-0.2, -0.15) is 5.11 Å². The minimum Gasteiger partial charge on any atom is -0.493 e. The van der Waals surface area contributed by atoms with Gasteiger partial charge in [0.1, 0.15) is 0 Å². The van der Waals surface area contributed by atoms with Gasteiger partial charge in [-0.15, -0.1) is 10.2 Å². The van der Waals surface area contributed by atoms with Crippen LogP contribution in [0.4, 0.5) is 11.4 Å². The van der Waals surface area contributed by atoms with Gasteiger partial charge < -0.3 is 14.8 Å². The molecule has 0 amide bonds. The van der Waals surface area contributed by atoms with Gasteiger partial charge >= 0.3 is 0 Å². The van der Waals surface area contributed by atoms with Gasteiger partial charge in [0.15, 0.2) is 5.69 Å². The zero-order chi connectivity index (χ0) is 21.1. The molecule has 2 heterocycles. The van der Waals surface area contributed by atoms with Crippen molar-refractivity contribution in [1.82, 2.24) is 24.8 Å². The number of rotatable bonds is 7. The first-order valence-corrected chi connectivity index (χ1v) is 10.4. The van der Waals surface area contributed by atoms with Crippen molar-refractivity contribution < 1.29 is 10.2 Å². The van der Waals surface area contributed by atoms with Crippen LogP contribution in [0.15, 0.2) is 63.9 Å². The predicted octanol–water partition coefficient (Wildman–Crippen LogP) is 4.09. The van der Waals surface area contributed by atoms with Crippen molar-refractivity contribution in [2.24, 2.45) is 17.3 Å². The molecule has 4 aromatic rings. The first kappa shape index (κ1) is 20.3. The molecule has 2 aromatic carbocycles. The molecular weight excluding hydrogens is 426 g/mol. The number of nitrogens with zero attached hydrogens (tertiary/aromatic N) is 7. The molecule has 30 heavy (non-hydrogen) atoms. The Hall–Kier alpha value is -2.95. The minimum absolute atomic E-state index is 0.0571. The summed E-state index contributed by atoms with van der Waals surface area (Å²) >= 11 is 7.23. The molecular formula is C19H18ClN7O2S. The Morgan fingerprint density at radius 3 is 2.63 bits per heavy atom. The van der Waals surface area contributed by atoms with Crippen LogP contribution in [0, 0.1) is 0 Å². The lowest BCUT2D eigenvalue weighted by molar-refractivity contribution is 0.175. The van der Waals surface area contributed by atoms with Crippen LogP contribution in [0.1, 0.15) is 0 Å². The standard InChI is InChI=1S/C19H18ClN7O2S/c1-26-19(23-24-25-26)30-11-14(28)10-27-16-5-3-2-4-15(16)17(18(27)29)22-21-13-8-6-12(20)7-9-13/h2-9,14,28-29H,10-11H2,1H3. The number of hydrogen-bond donors (Lipinski definition) is 2. The summed E-state index contributed by atoms with van der Waals surface area (Å²) in [6.45, 7) is 0.182. The number of halogens is 1. The lowest BCUT2D eigenvalue weighted by Crippen LogP contribution is -2.18. The maximum atomic E-state index is 10.8. The van der Waals surface area contributed by atoms with E-state index in [1.807, 2.05) is 24.3 Å². The summed E-state index contributed by atoms with van der Waals surface area (Å²) in [5.41, 5.74) is 1.71. The zero-order valence-corrected chi connectivity index (χ0v) is 17.5. The fourth-order valence-corrected chi connectivity index (χ4v) is 3.84. The first-order valence-electron chi connectivity index (χ1n) is 9.03. The average Bonchev–Trinajstić information content (AvgIpc) is 3.27. The summed E-state index contributed by atoms with van der Waals surface area (Å²) < 4.78 is 3.17. The van der Waals surface area contributed by atoms with E-state index in [0.717, 1.165) is 10.9 Å². The highest BCUT2D eigenvalue weighted by atomic mass is 35.5. The van der Waals surface area contributed by atoms with Crippen molar-refractivity contribution >= 4 is 45.6 Å². The molecule has 0 aliphatic rings. The van der Waals surface area contributed by atoms with Gasteiger partial charge in [-0.25, -0.2) is 4.68 Å². The SMILES string of the molecule is Cn1nnnc1SCC(O)Cn1c(O)c(N=Nc2ccc(Cl)cc2)c2ccccc21. The molecule has 0 saturated heterocycles. The molecule has 1 atom stereocenters. The fourth-order valence-electron chi connectivity index (χ4n) is 2.95. The quantitative estimate of drug-likeness (QED) is 0.328. The van der Waals surface area contributed by atoms with Crippen molar-refractivity contribution in [2.45, 2.75) is 17.8 Å². The van der Waals surface area contributed by atoms with Gasteiger partial charge in [0, 0.05) is 23.2 Å². The van der Waals surface area contributed by atoms with E-state index < -0.39 is 6.10 Å². The second-order valence-corrected chi connectivity index (χ2v) is 7.95. The summed E-state index contributed by atoms with van der Waals surface area (Å²) in [6.07, 6.45) is -0.741. The highest BCUT2D eigenvalue weighted by Gasteiger charge is 2.19. The second-order valence-electron chi connectivity index (χ2n) is 6.53. The summed E-state index contributed by atoms with van der Waals surface area (Å²) in [4.78, 5) is 0. The number of aromatic nitrogens is 5. The number of tetrazole rings is 1. The first-order chi connectivity index (χ1) is 14.5. The summed E-state index contributed by atoms with van der Waals surface area (Å²) in [5.74, 6) is 0.306. The Bertz CT molecular complexity index is 1190. The van der Waals surface area contributed by atoms with Gasteiger partial charge in [-0.1, -0.05) is 41.6 Å². The van der Waals surface area contributed by atoms with E-state index in [-0.39, 0.29) is 12.4 Å². The molecule has 0 spiro atoms. The topological polar surface area (TPSA) is 114 Å². The van der Waals surface area contributed by atoms with Crippen molar-refractivity contribution in [3.8, 4) is 5.88 Å². The molecule has 1 unspecified atom stereocenters. The third kappa shape index (κ3) is 4.30. The number of thioether (sulfide) groups is 1. The maximum absolute atomic E-state index is 10.8. The normalized spacial score (nSPS) is 12.8. The van der Waals surface area contributed by atoms with E-state index in [9.17, 15) is 10.2 Å². The van der Waals surface area contributed by atoms with Gasteiger partial charge in [-0.3, -0.25) is 0 Å². The molecule has 0 bridgehead atoms. The molecule has 0 saturated carbocycles. The number of aliphatic hydroxyl groups excluding tert-OH is 1. The van der Waals surface area contributed by atoms with Crippen LogP contribution < -0.4 is 0 Å². The number of aryl methyl sites for hydroxylation is 1.